The Bertz CT molecular complexity index is 682. The minimum absolute atomic E-state index is 0.174. The topological polar surface area (TPSA) is 37.4 Å². The number of hydrogen-bond acceptors (Lipinski definition) is 2. The Morgan fingerprint density at radius 1 is 0.913 bits per heavy atom. The van der Waals surface area contributed by atoms with Crippen molar-refractivity contribution in [3.05, 3.63) is 71.3 Å². The van der Waals surface area contributed by atoms with Crippen molar-refractivity contribution in [2.24, 2.45) is 5.41 Å². The van der Waals surface area contributed by atoms with Crippen molar-refractivity contribution in [1.82, 2.24) is 4.90 Å². The predicted octanol–water partition coefficient (Wildman–Crippen LogP) is 4.21. The van der Waals surface area contributed by atoms with E-state index in [4.69, 9.17) is 0 Å². The molecule has 0 heterocycles. The zero-order valence-corrected chi connectivity index (χ0v) is 14.2. The summed E-state index contributed by atoms with van der Waals surface area (Å²) in [6.45, 7) is 7.74. The average molecular weight is 309 g/mol. The molecule has 0 aromatic heterocycles. The summed E-state index contributed by atoms with van der Waals surface area (Å²) in [7, 11) is 0. The summed E-state index contributed by atoms with van der Waals surface area (Å²) in [4.78, 5) is 27.0. The summed E-state index contributed by atoms with van der Waals surface area (Å²) in [6.07, 6.45) is 0. The molecule has 0 fully saturated rings. The van der Waals surface area contributed by atoms with E-state index in [9.17, 15) is 9.59 Å². The van der Waals surface area contributed by atoms with E-state index in [0.29, 0.717) is 5.56 Å². The zero-order chi connectivity index (χ0) is 17.0. The lowest BCUT2D eigenvalue weighted by atomic mass is 9.94. The highest BCUT2D eigenvalue weighted by atomic mass is 16.2. The van der Waals surface area contributed by atoms with E-state index in [1.54, 1.807) is 12.1 Å². The van der Waals surface area contributed by atoms with Gasteiger partial charge in [0.25, 0.3) is 5.91 Å². The first-order valence-electron chi connectivity index (χ1n) is 7.76. The predicted molar refractivity (Wildman–Crippen MR) is 92.0 cm³/mol. The highest BCUT2D eigenvalue weighted by Gasteiger charge is 2.31. The van der Waals surface area contributed by atoms with Crippen LogP contribution in [-0.2, 0) is 11.3 Å². The molecule has 3 nitrogen and oxygen atoms in total. The molecule has 2 rings (SSSR count). The van der Waals surface area contributed by atoms with Gasteiger partial charge in [-0.1, -0.05) is 68.8 Å². The number of benzene rings is 2. The minimum atomic E-state index is -0.616. The number of carbonyl (C=O) groups excluding carboxylic acids is 2. The van der Waals surface area contributed by atoms with Gasteiger partial charge in [0, 0.05) is 11.0 Å². The molecular weight excluding hydrogens is 286 g/mol. The lowest BCUT2D eigenvalue weighted by Crippen LogP contribution is -2.43. The van der Waals surface area contributed by atoms with Gasteiger partial charge < -0.3 is 0 Å². The van der Waals surface area contributed by atoms with Gasteiger partial charge in [-0.3, -0.25) is 14.5 Å². The van der Waals surface area contributed by atoms with Crippen molar-refractivity contribution >= 4 is 11.8 Å². The molecule has 0 aliphatic heterocycles. The summed E-state index contributed by atoms with van der Waals surface area (Å²) in [5.41, 5.74) is 1.93. The van der Waals surface area contributed by atoms with Crippen LogP contribution in [0.5, 0.6) is 0 Å². The Morgan fingerprint density at radius 3 is 2.00 bits per heavy atom. The Morgan fingerprint density at radius 2 is 1.48 bits per heavy atom. The molecule has 0 bridgehead atoms. The molecule has 0 N–H and O–H groups in total. The third-order valence-corrected chi connectivity index (χ3v) is 3.61. The van der Waals surface area contributed by atoms with Crippen LogP contribution < -0.4 is 0 Å². The number of rotatable bonds is 3. The first-order chi connectivity index (χ1) is 10.8. The molecule has 120 valence electrons. The second-order valence-electron chi connectivity index (χ2n) is 6.80. The molecule has 0 spiro atoms. The van der Waals surface area contributed by atoms with Gasteiger partial charge in [-0.25, -0.2) is 0 Å². The molecule has 0 saturated carbocycles. The highest BCUT2D eigenvalue weighted by molar-refractivity contribution is 6.05. The Labute approximate surface area is 137 Å². The summed E-state index contributed by atoms with van der Waals surface area (Å²) in [6, 6.07) is 16.9. The molecule has 0 aliphatic rings. The number of nitrogens with zero attached hydrogens (tertiary/aromatic N) is 1. The SMILES string of the molecule is Cc1ccc(C(=O)N(Cc2ccccc2)C(=O)C(C)(C)C)cc1. The van der Waals surface area contributed by atoms with Crippen LogP contribution in [0.1, 0.15) is 42.3 Å². The maximum Gasteiger partial charge on any atom is 0.260 e. The Balaban J connectivity index is 2.34. The monoisotopic (exact) mass is 309 g/mol. The fourth-order valence-electron chi connectivity index (χ4n) is 2.26. The standard InChI is InChI=1S/C20H23NO2/c1-15-10-12-17(13-11-15)18(22)21(19(23)20(2,3)4)14-16-8-6-5-7-9-16/h5-13H,14H2,1-4H3. The third kappa shape index (κ3) is 4.28. The lowest BCUT2D eigenvalue weighted by Gasteiger charge is -2.28. The van der Waals surface area contributed by atoms with Gasteiger partial charge in [-0.15, -0.1) is 0 Å². The van der Waals surface area contributed by atoms with Crippen LogP contribution in [0.4, 0.5) is 0 Å². The smallest absolute Gasteiger partial charge is 0.260 e. The molecule has 3 heteroatoms. The third-order valence-electron chi connectivity index (χ3n) is 3.61. The molecule has 0 saturated heterocycles. The number of carbonyl (C=O) groups is 2. The molecule has 2 amide bonds. The Kier molecular flexibility index (Phi) is 4.99. The summed E-state index contributed by atoms with van der Waals surface area (Å²) >= 11 is 0. The lowest BCUT2D eigenvalue weighted by molar-refractivity contribution is -0.137. The molecule has 23 heavy (non-hydrogen) atoms. The number of hydrogen-bond donors (Lipinski definition) is 0. The van der Waals surface area contributed by atoms with Crippen molar-refractivity contribution in [1.29, 1.82) is 0 Å². The first kappa shape index (κ1) is 16.9. The van der Waals surface area contributed by atoms with E-state index in [0.717, 1.165) is 11.1 Å². The van der Waals surface area contributed by atoms with Crippen molar-refractivity contribution in [2.45, 2.75) is 34.2 Å². The average Bonchev–Trinajstić information content (AvgIpc) is 2.52. The molecule has 2 aromatic rings. The molecule has 0 radical (unpaired) electrons. The van der Waals surface area contributed by atoms with E-state index < -0.39 is 5.41 Å². The summed E-state index contributed by atoms with van der Waals surface area (Å²) in [5, 5.41) is 0. The van der Waals surface area contributed by atoms with Gasteiger partial charge in [0.2, 0.25) is 5.91 Å². The van der Waals surface area contributed by atoms with Crippen molar-refractivity contribution in [2.75, 3.05) is 0 Å². The van der Waals surface area contributed by atoms with Gasteiger partial charge in [0.05, 0.1) is 6.54 Å². The van der Waals surface area contributed by atoms with Crippen LogP contribution in [0, 0.1) is 12.3 Å². The summed E-state index contributed by atoms with van der Waals surface area (Å²) in [5.74, 6) is -0.430. The second kappa shape index (κ2) is 6.78. The number of aryl methyl sites for hydroxylation is 1. The number of imide groups is 1. The van der Waals surface area contributed by atoms with Crippen molar-refractivity contribution < 1.29 is 9.59 Å². The van der Waals surface area contributed by atoms with Gasteiger partial charge in [-0.05, 0) is 24.6 Å². The molecule has 0 aliphatic carbocycles. The molecule has 0 unspecified atom stereocenters. The van der Waals surface area contributed by atoms with Crippen molar-refractivity contribution in [3.63, 3.8) is 0 Å². The first-order valence-corrected chi connectivity index (χ1v) is 7.76. The van der Waals surface area contributed by atoms with Crippen molar-refractivity contribution in [3.8, 4) is 0 Å². The van der Waals surface area contributed by atoms with Gasteiger partial charge in [-0.2, -0.15) is 0 Å². The van der Waals surface area contributed by atoms with Crippen LogP contribution in [0.25, 0.3) is 0 Å². The van der Waals surface area contributed by atoms with E-state index in [1.807, 2.05) is 70.2 Å². The fourth-order valence-corrected chi connectivity index (χ4v) is 2.26. The quantitative estimate of drug-likeness (QED) is 0.851. The van der Waals surface area contributed by atoms with E-state index in [2.05, 4.69) is 0 Å². The number of amides is 2. The zero-order valence-electron chi connectivity index (χ0n) is 14.2. The normalized spacial score (nSPS) is 11.1. The van der Waals surface area contributed by atoms with E-state index >= 15 is 0 Å². The van der Waals surface area contributed by atoms with Gasteiger partial charge in [0.1, 0.15) is 0 Å². The van der Waals surface area contributed by atoms with E-state index in [1.165, 1.54) is 4.90 Å². The molecular formula is C20H23NO2. The maximum absolute atomic E-state index is 12.9. The highest BCUT2D eigenvalue weighted by Crippen LogP contribution is 2.21. The molecule has 0 atom stereocenters. The van der Waals surface area contributed by atoms with Crippen LogP contribution >= 0.6 is 0 Å². The second-order valence-corrected chi connectivity index (χ2v) is 6.80. The largest absolute Gasteiger partial charge is 0.274 e. The van der Waals surface area contributed by atoms with Crippen LogP contribution in [0.3, 0.4) is 0 Å². The summed E-state index contributed by atoms with van der Waals surface area (Å²) < 4.78 is 0. The fraction of sp³-hybridized carbons (Fsp3) is 0.300. The van der Waals surface area contributed by atoms with Crippen LogP contribution in [0.15, 0.2) is 54.6 Å². The van der Waals surface area contributed by atoms with Crippen LogP contribution in [0.2, 0.25) is 0 Å². The van der Waals surface area contributed by atoms with Crippen LogP contribution in [-0.4, -0.2) is 16.7 Å². The molecule has 2 aromatic carbocycles. The van der Waals surface area contributed by atoms with E-state index in [-0.39, 0.29) is 18.4 Å². The maximum atomic E-state index is 12.9. The minimum Gasteiger partial charge on any atom is -0.274 e. The van der Waals surface area contributed by atoms with Gasteiger partial charge >= 0.3 is 0 Å². The Hall–Kier alpha value is -2.42. The van der Waals surface area contributed by atoms with Gasteiger partial charge in [0.15, 0.2) is 0 Å².